The molecule has 1 fully saturated rings. The topological polar surface area (TPSA) is 62.2 Å². The Hall–Kier alpha value is -1.10. The van der Waals surface area contributed by atoms with E-state index < -0.39 is 5.97 Å². The van der Waals surface area contributed by atoms with Crippen LogP contribution in [0.1, 0.15) is 41.6 Å². The third kappa shape index (κ3) is 2.19. The minimum atomic E-state index is -0.887. The number of nitrogens with zero attached hydrogens (tertiary/aromatic N) is 1. The van der Waals surface area contributed by atoms with Gasteiger partial charge in [-0.05, 0) is 25.7 Å². The Kier molecular flexibility index (Phi) is 3.14. The second-order valence-electron chi connectivity index (χ2n) is 4.40. The molecule has 2 rings (SSSR count). The highest BCUT2D eigenvalue weighted by Crippen LogP contribution is 2.30. The van der Waals surface area contributed by atoms with Crippen LogP contribution in [0, 0.1) is 12.8 Å². The molecule has 88 valence electrons. The summed E-state index contributed by atoms with van der Waals surface area (Å²) in [6.07, 6.45) is 3.64. The molecule has 0 aromatic carbocycles. The Morgan fingerprint density at radius 1 is 1.56 bits per heavy atom. The zero-order valence-corrected chi connectivity index (χ0v) is 10.3. The van der Waals surface area contributed by atoms with Gasteiger partial charge in [0.05, 0.1) is 5.69 Å². The number of carbonyl (C=O) groups is 1. The van der Waals surface area contributed by atoms with Gasteiger partial charge in [-0.2, -0.15) is 0 Å². The lowest BCUT2D eigenvalue weighted by Gasteiger charge is -2.15. The molecule has 5 heteroatoms. The highest BCUT2D eigenvalue weighted by molar-refractivity contribution is 7.17. The number of aromatic carboxylic acids is 1. The molecule has 2 atom stereocenters. The van der Waals surface area contributed by atoms with Crippen LogP contribution < -0.4 is 5.32 Å². The van der Waals surface area contributed by atoms with Gasteiger partial charge in [0.1, 0.15) is 4.88 Å². The Labute approximate surface area is 98.7 Å². The standard InChI is InChI=1S/C11H16N2O2S/c1-6-4-3-5-8(6)13-11-12-7(2)9(16-11)10(14)15/h6,8H,3-5H2,1-2H3,(H,12,13)(H,14,15). The molecule has 0 radical (unpaired) electrons. The van der Waals surface area contributed by atoms with Crippen molar-refractivity contribution in [3.8, 4) is 0 Å². The first-order valence-electron chi connectivity index (χ1n) is 5.55. The van der Waals surface area contributed by atoms with E-state index in [9.17, 15) is 4.79 Å². The monoisotopic (exact) mass is 240 g/mol. The number of aryl methyl sites for hydroxylation is 1. The molecule has 1 aliphatic rings. The van der Waals surface area contributed by atoms with Crippen LogP contribution in [0.2, 0.25) is 0 Å². The number of carboxylic acid groups (broad SMARTS) is 1. The second kappa shape index (κ2) is 4.41. The fraction of sp³-hybridized carbons (Fsp3) is 0.636. The van der Waals surface area contributed by atoms with Crippen molar-refractivity contribution in [2.24, 2.45) is 5.92 Å². The molecule has 1 aromatic heterocycles. The molecule has 1 heterocycles. The molecule has 0 spiro atoms. The number of anilines is 1. The number of rotatable bonds is 3. The summed E-state index contributed by atoms with van der Waals surface area (Å²) in [6, 6.07) is 0.451. The number of carboxylic acids is 1. The summed E-state index contributed by atoms with van der Waals surface area (Å²) in [5.41, 5.74) is 0.602. The molecule has 2 unspecified atom stereocenters. The van der Waals surface area contributed by atoms with Crippen LogP contribution in [-0.4, -0.2) is 22.1 Å². The Morgan fingerprint density at radius 2 is 2.31 bits per heavy atom. The van der Waals surface area contributed by atoms with Crippen LogP contribution in [-0.2, 0) is 0 Å². The lowest BCUT2D eigenvalue weighted by molar-refractivity contribution is 0.0701. The molecular formula is C11H16N2O2S. The van der Waals surface area contributed by atoms with Crippen molar-refractivity contribution in [1.29, 1.82) is 0 Å². The highest BCUT2D eigenvalue weighted by Gasteiger charge is 2.24. The summed E-state index contributed by atoms with van der Waals surface area (Å²) in [6.45, 7) is 3.96. The second-order valence-corrected chi connectivity index (χ2v) is 5.40. The van der Waals surface area contributed by atoms with Crippen molar-refractivity contribution in [3.05, 3.63) is 10.6 Å². The first-order chi connectivity index (χ1) is 7.58. The van der Waals surface area contributed by atoms with Crippen molar-refractivity contribution in [1.82, 2.24) is 4.98 Å². The summed E-state index contributed by atoms with van der Waals surface area (Å²) in [5, 5.41) is 13.0. The maximum absolute atomic E-state index is 10.9. The molecule has 1 saturated carbocycles. The van der Waals surface area contributed by atoms with Gasteiger partial charge >= 0.3 is 5.97 Å². The van der Waals surface area contributed by atoms with Crippen LogP contribution in [0.4, 0.5) is 5.13 Å². The lowest BCUT2D eigenvalue weighted by Crippen LogP contribution is -2.21. The maximum Gasteiger partial charge on any atom is 0.347 e. The first kappa shape index (κ1) is 11.4. The van der Waals surface area contributed by atoms with Gasteiger partial charge in [0, 0.05) is 6.04 Å². The van der Waals surface area contributed by atoms with E-state index in [0.717, 1.165) is 11.6 Å². The van der Waals surface area contributed by atoms with E-state index in [2.05, 4.69) is 17.2 Å². The number of aromatic nitrogens is 1. The zero-order valence-electron chi connectivity index (χ0n) is 9.49. The van der Waals surface area contributed by atoms with E-state index in [1.165, 1.54) is 24.2 Å². The van der Waals surface area contributed by atoms with E-state index >= 15 is 0 Å². The molecular weight excluding hydrogens is 224 g/mol. The quantitative estimate of drug-likeness (QED) is 0.852. The van der Waals surface area contributed by atoms with E-state index in [4.69, 9.17) is 5.11 Å². The summed E-state index contributed by atoms with van der Waals surface area (Å²) < 4.78 is 0. The van der Waals surface area contributed by atoms with Crippen molar-refractivity contribution in [2.45, 2.75) is 39.2 Å². The predicted molar refractivity (Wildman–Crippen MR) is 64.2 cm³/mol. The Bertz CT molecular complexity index is 403. The minimum Gasteiger partial charge on any atom is -0.477 e. The van der Waals surface area contributed by atoms with Crippen molar-refractivity contribution in [3.63, 3.8) is 0 Å². The van der Waals surface area contributed by atoms with Crippen LogP contribution in [0.5, 0.6) is 0 Å². The first-order valence-corrected chi connectivity index (χ1v) is 6.37. The van der Waals surface area contributed by atoms with Gasteiger partial charge in [0.25, 0.3) is 0 Å². The van der Waals surface area contributed by atoms with Gasteiger partial charge in [-0.3, -0.25) is 0 Å². The van der Waals surface area contributed by atoms with Crippen LogP contribution in [0.25, 0.3) is 0 Å². The fourth-order valence-corrected chi connectivity index (χ4v) is 3.04. The van der Waals surface area contributed by atoms with Gasteiger partial charge in [-0.15, -0.1) is 0 Å². The molecule has 4 nitrogen and oxygen atoms in total. The highest BCUT2D eigenvalue weighted by atomic mass is 32.1. The van der Waals surface area contributed by atoms with Crippen molar-refractivity contribution in [2.75, 3.05) is 5.32 Å². The molecule has 2 N–H and O–H groups in total. The molecule has 0 saturated heterocycles. The Balaban J connectivity index is 2.10. The minimum absolute atomic E-state index is 0.341. The molecule has 0 amide bonds. The van der Waals surface area contributed by atoms with Crippen LogP contribution >= 0.6 is 11.3 Å². The molecule has 16 heavy (non-hydrogen) atoms. The molecule has 0 bridgehead atoms. The number of hydrogen-bond acceptors (Lipinski definition) is 4. The average molecular weight is 240 g/mol. The smallest absolute Gasteiger partial charge is 0.347 e. The van der Waals surface area contributed by atoms with Gasteiger partial charge in [0.15, 0.2) is 5.13 Å². The summed E-state index contributed by atoms with van der Waals surface area (Å²) >= 11 is 1.23. The largest absolute Gasteiger partial charge is 0.477 e. The lowest BCUT2D eigenvalue weighted by atomic mass is 10.1. The van der Waals surface area contributed by atoms with Crippen LogP contribution in [0.15, 0.2) is 0 Å². The van der Waals surface area contributed by atoms with E-state index in [-0.39, 0.29) is 0 Å². The maximum atomic E-state index is 10.9. The van der Waals surface area contributed by atoms with Gasteiger partial charge in [-0.25, -0.2) is 9.78 Å². The van der Waals surface area contributed by atoms with Crippen LogP contribution in [0.3, 0.4) is 0 Å². The number of nitrogens with one attached hydrogen (secondary N) is 1. The van der Waals surface area contributed by atoms with E-state index in [1.54, 1.807) is 6.92 Å². The average Bonchev–Trinajstić information content (AvgIpc) is 2.75. The third-order valence-electron chi connectivity index (χ3n) is 3.16. The molecule has 1 aliphatic carbocycles. The predicted octanol–water partition coefficient (Wildman–Crippen LogP) is 2.75. The summed E-state index contributed by atoms with van der Waals surface area (Å²) in [5.74, 6) is -0.236. The van der Waals surface area contributed by atoms with Crippen molar-refractivity contribution < 1.29 is 9.90 Å². The fourth-order valence-electron chi connectivity index (χ4n) is 2.18. The van der Waals surface area contributed by atoms with E-state index in [0.29, 0.717) is 22.5 Å². The number of thiazole rings is 1. The van der Waals surface area contributed by atoms with Gasteiger partial charge in [0.2, 0.25) is 0 Å². The van der Waals surface area contributed by atoms with E-state index in [1.807, 2.05) is 0 Å². The molecule has 0 aliphatic heterocycles. The molecule has 1 aromatic rings. The summed E-state index contributed by atoms with van der Waals surface area (Å²) in [4.78, 5) is 15.5. The SMILES string of the molecule is Cc1nc(NC2CCCC2C)sc1C(=O)O. The zero-order chi connectivity index (χ0) is 11.7. The number of hydrogen-bond donors (Lipinski definition) is 2. The normalized spacial score (nSPS) is 24.6. The Morgan fingerprint density at radius 3 is 2.81 bits per heavy atom. The van der Waals surface area contributed by atoms with Crippen molar-refractivity contribution >= 4 is 22.4 Å². The van der Waals surface area contributed by atoms with Gasteiger partial charge in [-0.1, -0.05) is 24.7 Å². The third-order valence-corrected chi connectivity index (χ3v) is 4.24. The summed E-state index contributed by atoms with van der Waals surface area (Å²) in [7, 11) is 0. The van der Waals surface area contributed by atoms with Gasteiger partial charge < -0.3 is 10.4 Å².